The predicted octanol–water partition coefficient (Wildman–Crippen LogP) is 4.35. The average Bonchev–Trinajstić information content (AvgIpc) is 2.33. The molecule has 18 heavy (non-hydrogen) atoms. The minimum atomic E-state index is 0.293. The van der Waals surface area contributed by atoms with E-state index in [9.17, 15) is 0 Å². The van der Waals surface area contributed by atoms with Crippen LogP contribution in [0.5, 0.6) is 11.5 Å². The molecule has 0 fully saturated rings. The molecule has 0 heterocycles. The van der Waals surface area contributed by atoms with Crippen molar-refractivity contribution in [3.05, 3.63) is 51.5 Å². The number of hydrogen-bond acceptors (Lipinski definition) is 3. The van der Waals surface area contributed by atoms with Crippen molar-refractivity contribution in [1.29, 1.82) is 5.26 Å². The third-order valence-corrected chi connectivity index (χ3v) is 3.09. The average molecular weight is 324 g/mol. The van der Waals surface area contributed by atoms with Crippen molar-refractivity contribution in [2.45, 2.75) is 0 Å². The number of nitrogens with two attached hydrogens (primary N) is 1. The van der Waals surface area contributed by atoms with Crippen LogP contribution in [0.25, 0.3) is 0 Å². The van der Waals surface area contributed by atoms with Gasteiger partial charge in [0.15, 0.2) is 0 Å². The molecular weight excluding hydrogens is 316 g/mol. The summed E-state index contributed by atoms with van der Waals surface area (Å²) in [6, 6.07) is 12.3. The van der Waals surface area contributed by atoms with Crippen LogP contribution in [0, 0.1) is 11.3 Å². The molecule has 0 spiro atoms. The number of benzene rings is 2. The second kappa shape index (κ2) is 5.30. The van der Waals surface area contributed by atoms with Gasteiger partial charge in [-0.25, -0.2) is 0 Å². The maximum atomic E-state index is 9.04. The van der Waals surface area contributed by atoms with Crippen molar-refractivity contribution < 1.29 is 4.74 Å². The summed E-state index contributed by atoms with van der Waals surface area (Å²) in [7, 11) is 0. The van der Waals surface area contributed by atoms with Gasteiger partial charge in [-0.15, -0.1) is 0 Å². The van der Waals surface area contributed by atoms with Gasteiger partial charge in [-0.2, -0.15) is 5.26 Å². The van der Waals surface area contributed by atoms with E-state index < -0.39 is 0 Å². The summed E-state index contributed by atoms with van der Waals surface area (Å²) < 4.78 is 6.47. The van der Waals surface area contributed by atoms with Gasteiger partial charge in [0, 0.05) is 4.47 Å². The molecule has 0 amide bonds. The number of hydrogen-bond donors (Lipinski definition) is 1. The molecule has 2 N–H and O–H groups in total. The summed E-state index contributed by atoms with van der Waals surface area (Å²) in [5, 5.41) is 9.39. The first-order chi connectivity index (χ1) is 8.61. The molecule has 2 aromatic rings. The van der Waals surface area contributed by atoms with Gasteiger partial charge in [-0.05, 0) is 30.3 Å². The summed E-state index contributed by atoms with van der Waals surface area (Å²) in [4.78, 5) is 0. The fourth-order valence-corrected chi connectivity index (χ4v) is 2.02. The Hall–Kier alpha value is -1.70. The number of nitriles is 1. The van der Waals surface area contributed by atoms with Gasteiger partial charge in [-0.1, -0.05) is 33.6 Å². The SMILES string of the molecule is N#Cc1c(Cl)cccc1Oc1ccc(Br)cc1N. The zero-order chi connectivity index (χ0) is 13.1. The quantitative estimate of drug-likeness (QED) is 0.836. The van der Waals surface area contributed by atoms with Crippen LogP contribution in [0.4, 0.5) is 5.69 Å². The molecule has 0 atom stereocenters. The second-order valence-corrected chi connectivity index (χ2v) is 4.83. The van der Waals surface area contributed by atoms with Crippen LogP contribution in [0.15, 0.2) is 40.9 Å². The highest BCUT2D eigenvalue weighted by atomic mass is 79.9. The third-order valence-electron chi connectivity index (χ3n) is 2.28. The Bertz CT molecular complexity index is 637. The van der Waals surface area contributed by atoms with Crippen LogP contribution in [-0.2, 0) is 0 Å². The number of rotatable bonds is 2. The van der Waals surface area contributed by atoms with E-state index in [2.05, 4.69) is 15.9 Å². The summed E-state index contributed by atoms with van der Waals surface area (Å²) in [6.07, 6.45) is 0. The molecule has 2 aromatic carbocycles. The Kier molecular flexibility index (Phi) is 3.75. The number of nitrogens with zero attached hydrogens (tertiary/aromatic N) is 1. The van der Waals surface area contributed by atoms with Crippen LogP contribution in [0.1, 0.15) is 5.56 Å². The fourth-order valence-electron chi connectivity index (χ4n) is 1.43. The molecule has 0 radical (unpaired) electrons. The van der Waals surface area contributed by atoms with Crippen LogP contribution in [0.2, 0.25) is 5.02 Å². The lowest BCUT2D eigenvalue weighted by molar-refractivity contribution is 0.483. The van der Waals surface area contributed by atoms with E-state index in [0.717, 1.165) is 4.47 Å². The molecule has 0 saturated heterocycles. The highest BCUT2D eigenvalue weighted by Crippen LogP contribution is 2.33. The standard InChI is InChI=1S/C13H8BrClN2O/c14-8-4-5-13(11(17)6-8)18-12-3-1-2-10(15)9(12)7-16/h1-6H,17H2. The van der Waals surface area contributed by atoms with Crippen molar-refractivity contribution >= 4 is 33.2 Å². The van der Waals surface area contributed by atoms with Gasteiger partial charge in [0.25, 0.3) is 0 Å². The maximum Gasteiger partial charge on any atom is 0.150 e. The molecule has 90 valence electrons. The van der Waals surface area contributed by atoms with E-state index in [1.54, 1.807) is 30.3 Å². The lowest BCUT2D eigenvalue weighted by Gasteiger charge is -2.10. The van der Waals surface area contributed by atoms with Crippen LogP contribution < -0.4 is 10.5 Å². The third kappa shape index (κ3) is 2.58. The highest BCUT2D eigenvalue weighted by molar-refractivity contribution is 9.10. The maximum absolute atomic E-state index is 9.04. The summed E-state index contributed by atoms with van der Waals surface area (Å²) in [5.74, 6) is 0.871. The monoisotopic (exact) mass is 322 g/mol. The van der Waals surface area contributed by atoms with E-state index in [1.165, 1.54) is 0 Å². The normalized spacial score (nSPS) is 9.83. The molecule has 0 aromatic heterocycles. The molecule has 5 heteroatoms. The minimum Gasteiger partial charge on any atom is -0.454 e. The number of nitrogen functional groups attached to an aromatic ring is 1. The Labute approximate surface area is 118 Å². The van der Waals surface area contributed by atoms with Crippen molar-refractivity contribution in [1.82, 2.24) is 0 Å². The lowest BCUT2D eigenvalue weighted by atomic mass is 10.2. The summed E-state index contributed by atoms with van der Waals surface area (Å²) in [6.45, 7) is 0. The Balaban J connectivity index is 2.41. The van der Waals surface area contributed by atoms with Crippen molar-refractivity contribution in [3.63, 3.8) is 0 Å². The molecule has 2 rings (SSSR count). The molecule has 3 nitrogen and oxygen atoms in total. The van der Waals surface area contributed by atoms with Gasteiger partial charge in [0.05, 0.1) is 10.7 Å². The molecule has 0 aliphatic rings. The second-order valence-electron chi connectivity index (χ2n) is 3.51. The Morgan fingerprint density at radius 2 is 2.00 bits per heavy atom. The lowest BCUT2D eigenvalue weighted by Crippen LogP contribution is -1.94. The molecule has 0 unspecified atom stereocenters. The van der Waals surface area contributed by atoms with Crippen LogP contribution >= 0.6 is 27.5 Å². The Morgan fingerprint density at radius 1 is 1.22 bits per heavy atom. The first-order valence-electron chi connectivity index (χ1n) is 5.03. The van der Waals surface area contributed by atoms with E-state index in [4.69, 9.17) is 27.3 Å². The zero-order valence-electron chi connectivity index (χ0n) is 9.15. The van der Waals surface area contributed by atoms with Gasteiger partial charge < -0.3 is 10.5 Å². The van der Waals surface area contributed by atoms with Crippen molar-refractivity contribution in [2.24, 2.45) is 0 Å². The van der Waals surface area contributed by atoms with E-state index >= 15 is 0 Å². The van der Waals surface area contributed by atoms with Gasteiger partial charge in [0.2, 0.25) is 0 Å². The number of halogens is 2. The topological polar surface area (TPSA) is 59.0 Å². The fraction of sp³-hybridized carbons (Fsp3) is 0. The molecule has 0 bridgehead atoms. The van der Waals surface area contributed by atoms with Gasteiger partial charge >= 0.3 is 0 Å². The summed E-state index contributed by atoms with van der Waals surface area (Å²) >= 11 is 9.23. The van der Waals surface area contributed by atoms with Crippen molar-refractivity contribution in [3.8, 4) is 17.6 Å². The predicted molar refractivity (Wildman–Crippen MR) is 74.8 cm³/mol. The van der Waals surface area contributed by atoms with Gasteiger partial charge in [0.1, 0.15) is 23.1 Å². The largest absolute Gasteiger partial charge is 0.454 e. The van der Waals surface area contributed by atoms with E-state index in [-0.39, 0.29) is 0 Å². The molecule has 0 aliphatic heterocycles. The van der Waals surface area contributed by atoms with Crippen LogP contribution in [0.3, 0.4) is 0 Å². The first-order valence-corrected chi connectivity index (χ1v) is 6.20. The molecular formula is C13H8BrClN2O. The zero-order valence-corrected chi connectivity index (χ0v) is 11.5. The minimum absolute atomic E-state index is 0.293. The van der Waals surface area contributed by atoms with Crippen molar-refractivity contribution in [2.75, 3.05) is 5.73 Å². The number of anilines is 1. The highest BCUT2D eigenvalue weighted by Gasteiger charge is 2.10. The van der Waals surface area contributed by atoms with Gasteiger partial charge in [-0.3, -0.25) is 0 Å². The van der Waals surface area contributed by atoms with E-state index in [0.29, 0.717) is 27.8 Å². The molecule has 0 aliphatic carbocycles. The number of ether oxygens (including phenoxy) is 1. The smallest absolute Gasteiger partial charge is 0.150 e. The van der Waals surface area contributed by atoms with E-state index in [1.807, 2.05) is 12.1 Å². The Morgan fingerprint density at radius 3 is 2.67 bits per heavy atom. The molecule has 0 saturated carbocycles. The van der Waals surface area contributed by atoms with Crippen LogP contribution in [-0.4, -0.2) is 0 Å². The first kappa shape index (κ1) is 12.7. The summed E-state index contributed by atoms with van der Waals surface area (Å²) in [5.41, 5.74) is 6.60.